The molecule has 2 heterocycles. The number of hydrogen-bond acceptors (Lipinski definition) is 6. The highest BCUT2D eigenvalue weighted by Gasteiger charge is 2.23. The van der Waals surface area contributed by atoms with Gasteiger partial charge < -0.3 is 9.84 Å². The van der Waals surface area contributed by atoms with Crippen molar-refractivity contribution in [2.75, 3.05) is 6.61 Å². The van der Waals surface area contributed by atoms with E-state index in [4.69, 9.17) is 10.00 Å². The van der Waals surface area contributed by atoms with E-state index in [1.54, 1.807) is 35.6 Å². The molecule has 28 heavy (non-hydrogen) atoms. The summed E-state index contributed by atoms with van der Waals surface area (Å²) >= 11 is 1.62. The Bertz CT molecular complexity index is 1100. The maximum Gasteiger partial charge on any atom is 0.262 e. The Hall–Kier alpha value is -2.69. The molecule has 1 aromatic carbocycles. The Morgan fingerprint density at radius 3 is 2.96 bits per heavy atom. The van der Waals surface area contributed by atoms with Crippen LogP contribution in [0.25, 0.3) is 10.2 Å². The largest absolute Gasteiger partial charge is 0.491 e. The molecule has 7 heteroatoms. The number of aliphatic hydroxyl groups excluding tert-OH is 1. The van der Waals surface area contributed by atoms with Gasteiger partial charge in [0.25, 0.3) is 5.56 Å². The molecule has 2 unspecified atom stereocenters. The topological polar surface area (TPSA) is 88.1 Å². The average Bonchev–Trinajstić information content (AvgIpc) is 3.07. The zero-order chi connectivity index (χ0) is 19.7. The van der Waals surface area contributed by atoms with Gasteiger partial charge in [0, 0.05) is 4.88 Å². The third kappa shape index (κ3) is 3.66. The van der Waals surface area contributed by atoms with Crippen molar-refractivity contribution in [3.05, 3.63) is 57.0 Å². The molecule has 3 aromatic rings. The van der Waals surface area contributed by atoms with Crippen LogP contribution in [0.3, 0.4) is 0 Å². The van der Waals surface area contributed by atoms with Gasteiger partial charge >= 0.3 is 0 Å². The van der Waals surface area contributed by atoms with Crippen molar-refractivity contribution in [1.29, 1.82) is 5.26 Å². The van der Waals surface area contributed by atoms with E-state index in [0.29, 0.717) is 17.2 Å². The Morgan fingerprint density at radius 2 is 2.21 bits per heavy atom. The number of hydrogen-bond donors (Lipinski definition) is 1. The molecule has 1 N–H and O–H groups in total. The number of fused-ring (bicyclic) bond motifs is 3. The standard InChI is InChI=1S/C21H21N3O3S/c1-13-2-7-17-18(8-13)28-20-19(17)21(26)24(12-23-20)10-15(25)11-27-16-5-3-14(9-22)4-6-16/h3-6,12-13,15,25H,2,7-8,10-11H2,1H3. The lowest BCUT2D eigenvalue weighted by Gasteiger charge is -2.17. The van der Waals surface area contributed by atoms with E-state index in [2.05, 4.69) is 11.9 Å². The van der Waals surface area contributed by atoms with Crippen LogP contribution in [0.15, 0.2) is 35.4 Å². The van der Waals surface area contributed by atoms with Crippen LogP contribution < -0.4 is 10.3 Å². The van der Waals surface area contributed by atoms with Crippen molar-refractivity contribution in [2.45, 2.75) is 38.8 Å². The average molecular weight is 395 g/mol. The molecular formula is C21H21N3O3S. The zero-order valence-electron chi connectivity index (χ0n) is 15.6. The van der Waals surface area contributed by atoms with Crippen molar-refractivity contribution >= 4 is 21.6 Å². The van der Waals surface area contributed by atoms with Gasteiger partial charge in [0.1, 0.15) is 23.3 Å². The number of thiophene rings is 1. The first kappa shape index (κ1) is 18.7. The number of aryl methyl sites for hydroxylation is 1. The molecule has 6 nitrogen and oxygen atoms in total. The van der Waals surface area contributed by atoms with Crippen molar-refractivity contribution in [2.24, 2.45) is 5.92 Å². The molecule has 144 valence electrons. The molecule has 1 aliphatic carbocycles. The molecule has 0 amide bonds. The van der Waals surface area contributed by atoms with E-state index < -0.39 is 6.10 Å². The lowest BCUT2D eigenvalue weighted by Crippen LogP contribution is -2.30. The molecule has 2 aromatic heterocycles. The van der Waals surface area contributed by atoms with Crippen LogP contribution in [0.1, 0.15) is 29.3 Å². The second-order valence-corrected chi connectivity index (χ2v) is 8.42. The molecule has 2 atom stereocenters. The summed E-state index contributed by atoms with van der Waals surface area (Å²) in [5.41, 5.74) is 1.61. The first-order valence-electron chi connectivity index (χ1n) is 9.36. The minimum atomic E-state index is -0.845. The highest BCUT2D eigenvalue weighted by atomic mass is 32.1. The van der Waals surface area contributed by atoms with Crippen molar-refractivity contribution in [1.82, 2.24) is 9.55 Å². The highest BCUT2D eigenvalue weighted by molar-refractivity contribution is 7.18. The molecular weight excluding hydrogens is 374 g/mol. The molecule has 0 bridgehead atoms. The van der Waals surface area contributed by atoms with Gasteiger partial charge in [0.15, 0.2) is 0 Å². The summed E-state index contributed by atoms with van der Waals surface area (Å²) in [6.07, 6.45) is 3.69. The predicted molar refractivity (Wildman–Crippen MR) is 108 cm³/mol. The fraction of sp³-hybridized carbons (Fsp3) is 0.381. The van der Waals surface area contributed by atoms with Crippen molar-refractivity contribution in [3.63, 3.8) is 0 Å². The van der Waals surface area contributed by atoms with E-state index in [9.17, 15) is 9.90 Å². The Kier molecular flexibility index (Phi) is 5.16. The molecule has 1 aliphatic rings. The summed E-state index contributed by atoms with van der Waals surface area (Å²) in [6.45, 7) is 2.41. The van der Waals surface area contributed by atoms with Crippen LogP contribution in [-0.2, 0) is 19.4 Å². The zero-order valence-corrected chi connectivity index (χ0v) is 16.4. The van der Waals surface area contributed by atoms with Gasteiger partial charge in [-0.2, -0.15) is 5.26 Å². The van der Waals surface area contributed by atoms with E-state index in [-0.39, 0.29) is 18.7 Å². The third-order valence-corrected chi connectivity index (χ3v) is 6.28. The fourth-order valence-electron chi connectivity index (χ4n) is 3.59. The molecule has 4 rings (SSSR count). The van der Waals surface area contributed by atoms with Gasteiger partial charge in [-0.1, -0.05) is 6.92 Å². The highest BCUT2D eigenvalue weighted by Crippen LogP contribution is 2.35. The van der Waals surface area contributed by atoms with Gasteiger partial charge in [-0.3, -0.25) is 9.36 Å². The number of benzene rings is 1. The summed E-state index contributed by atoms with van der Waals surface area (Å²) in [5, 5.41) is 19.9. The number of nitriles is 1. The normalized spacial score (nSPS) is 17.1. The monoisotopic (exact) mass is 395 g/mol. The molecule has 0 saturated carbocycles. The van der Waals surface area contributed by atoms with Crippen LogP contribution in [0.2, 0.25) is 0 Å². The summed E-state index contributed by atoms with van der Waals surface area (Å²) in [5.74, 6) is 1.21. The predicted octanol–water partition coefficient (Wildman–Crippen LogP) is 2.89. The summed E-state index contributed by atoms with van der Waals surface area (Å²) in [6, 6.07) is 8.73. The van der Waals surface area contributed by atoms with Crippen LogP contribution in [0.5, 0.6) is 5.75 Å². The van der Waals surface area contributed by atoms with Crippen LogP contribution in [0.4, 0.5) is 0 Å². The molecule has 0 saturated heterocycles. The lowest BCUT2D eigenvalue weighted by molar-refractivity contribution is 0.0915. The lowest BCUT2D eigenvalue weighted by atomic mass is 9.89. The fourth-order valence-corrected chi connectivity index (χ4v) is 4.93. The van der Waals surface area contributed by atoms with E-state index >= 15 is 0 Å². The number of ether oxygens (including phenoxy) is 1. The van der Waals surface area contributed by atoms with Gasteiger partial charge in [-0.25, -0.2) is 4.98 Å². The van der Waals surface area contributed by atoms with Crippen LogP contribution in [-0.4, -0.2) is 27.4 Å². The number of aromatic nitrogens is 2. The smallest absolute Gasteiger partial charge is 0.262 e. The summed E-state index contributed by atoms with van der Waals surface area (Å²) in [7, 11) is 0. The second-order valence-electron chi connectivity index (χ2n) is 7.34. The Morgan fingerprint density at radius 1 is 1.43 bits per heavy atom. The Labute approximate surface area is 166 Å². The Balaban J connectivity index is 1.49. The second kappa shape index (κ2) is 7.74. The van der Waals surface area contributed by atoms with E-state index in [1.807, 2.05) is 6.07 Å². The van der Waals surface area contributed by atoms with Gasteiger partial charge in [0.05, 0.1) is 29.9 Å². The maximum atomic E-state index is 13.0. The maximum absolute atomic E-state index is 13.0. The van der Waals surface area contributed by atoms with Crippen LogP contribution in [0, 0.1) is 17.2 Å². The van der Waals surface area contributed by atoms with Crippen LogP contribution >= 0.6 is 11.3 Å². The van der Waals surface area contributed by atoms with E-state index in [0.717, 1.165) is 35.0 Å². The molecule has 0 aliphatic heterocycles. The molecule has 0 radical (unpaired) electrons. The SMILES string of the molecule is CC1CCc2c(sc3ncn(CC(O)COc4ccc(C#N)cc4)c(=O)c23)C1. The first-order valence-corrected chi connectivity index (χ1v) is 10.2. The minimum Gasteiger partial charge on any atom is -0.491 e. The molecule has 0 spiro atoms. The van der Waals surface area contributed by atoms with Crippen molar-refractivity contribution in [3.8, 4) is 11.8 Å². The van der Waals surface area contributed by atoms with Crippen molar-refractivity contribution < 1.29 is 9.84 Å². The number of rotatable bonds is 5. The molecule has 0 fully saturated rings. The number of aliphatic hydroxyl groups is 1. The van der Waals surface area contributed by atoms with Gasteiger partial charge in [-0.15, -0.1) is 11.3 Å². The third-order valence-electron chi connectivity index (χ3n) is 5.12. The summed E-state index contributed by atoms with van der Waals surface area (Å²) in [4.78, 5) is 19.5. The van der Waals surface area contributed by atoms with E-state index in [1.165, 1.54) is 15.8 Å². The quantitative estimate of drug-likeness (QED) is 0.718. The van der Waals surface area contributed by atoms with Gasteiger partial charge in [-0.05, 0) is 55.0 Å². The minimum absolute atomic E-state index is 0.0512. The van der Waals surface area contributed by atoms with Gasteiger partial charge in [0.2, 0.25) is 0 Å². The summed E-state index contributed by atoms with van der Waals surface area (Å²) < 4.78 is 7.03. The first-order chi connectivity index (χ1) is 13.5. The number of nitrogens with zero attached hydrogens (tertiary/aromatic N) is 3.